The lowest BCUT2D eigenvalue weighted by atomic mass is 10.2. The molecule has 88 valence electrons. The number of anilines is 1. The van der Waals surface area contributed by atoms with Gasteiger partial charge in [0, 0.05) is 10.2 Å². The molecule has 0 amide bonds. The molecule has 1 unspecified atom stereocenters. The van der Waals surface area contributed by atoms with Gasteiger partial charge in [-0.15, -0.1) is 0 Å². The maximum atomic E-state index is 8.61. The lowest BCUT2D eigenvalue weighted by Crippen LogP contribution is -2.35. The number of hydrogen-bond donors (Lipinski definition) is 3. The highest BCUT2D eigenvalue weighted by atomic mass is 79.9. The molecule has 1 atom stereocenters. The van der Waals surface area contributed by atoms with Gasteiger partial charge in [0.2, 0.25) is 0 Å². The van der Waals surface area contributed by atoms with Crippen molar-refractivity contribution >= 4 is 39.1 Å². The van der Waals surface area contributed by atoms with Gasteiger partial charge in [-0.2, -0.15) is 0 Å². The first-order valence-corrected chi connectivity index (χ1v) is 5.94. The van der Waals surface area contributed by atoms with Gasteiger partial charge >= 0.3 is 0 Å². The first-order valence-electron chi connectivity index (χ1n) is 4.77. The average Bonchev–Trinajstić information content (AvgIpc) is 2.29. The van der Waals surface area contributed by atoms with E-state index in [0.29, 0.717) is 5.02 Å². The highest BCUT2D eigenvalue weighted by Gasteiger charge is 2.11. The van der Waals surface area contributed by atoms with Crippen LogP contribution in [0.25, 0.3) is 0 Å². The van der Waals surface area contributed by atoms with Crippen molar-refractivity contribution in [3.8, 4) is 0 Å². The Morgan fingerprint density at radius 1 is 1.69 bits per heavy atom. The molecule has 16 heavy (non-hydrogen) atoms. The number of oxime groups is 1. The van der Waals surface area contributed by atoms with Crippen LogP contribution in [0.4, 0.5) is 5.69 Å². The highest BCUT2D eigenvalue weighted by molar-refractivity contribution is 9.10. The van der Waals surface area contributed by atoms with Gasteiger partial charge in [0.1, 0.15) is 0 Å². The molecule has 0 aliphatic rings. The van der Waals surface area contributed by atoms with E-state index < -0.39 is 0 Å². The Morgan fingerprint density at radius 2 is 2.38 bits per heavy atom. The first kappa shape index (κ1) is 13.1. The minimum atomic E-state index is -0.196. The van der Waals surface area contributed by atoms with Crippen LogP contribution in [0.2, 0.25) is 5.02 Å². The van der Waals surface area contributed by atoms with Gasteiger partial charge in [-0.25, -0.2) is 0 Å². The number of hydrogen-bond acceptors (Lipinski definition) is 3. The van der Waals surface area contributed by atoms with Crippen molar-refractivity contribution in [2.45, 2.75) is 19.4 Å². The molecule has 0 heterocycles. The number of nitrogens with two attached hydrogens (primary N) is 1. The normalized spacial score (nSPS) is 13.6. The number of benzene rings is 1. The quantitative estimate of drug-likeness (QED) is 0.346. The van der Waals surface area contributed by atoms with Crippen LogP contribution >= 0.6 is 27.5 Å². The van der Waals surface area contributed by atoms with Crippen LogP contribution in [0.3, 0.4) is 0 Å². The Hall–Kier alpha value is -0.940. The second-order valence-corrected chi connectivity index (χ2v) is 4.52. The van der Waals surface area contributed by atoms with Crippen molar-refractivity contribution in [2.75, 3.05) is 5.32 Å². The van der Waals surface area contributed by atoms with Gasteiger partial charge in [-0.1, -0.05) is 23.7 Å². The van der Waals surface area contributed by atoms with Gasteiger partial charge in [0.25, 0.3) is 0 Å². The molecule has 1 aromatic rings. The summed E-state index contributed by atoms with van der Waals surface area (Å²) in [4.78, 5) is 0. The predicted octanol–water partition coefficient (Wildman–Crippen LogP) is 3.04. The summed E-state index contributed by atoms with van der Waals surface area (Å²) in [5, 5.41) is 15.4. The molecule has 0 saturated heterocycles. The van der Waals surface area contributed by atoms with Gasteiger partial charge in [-0.3, -0.25) is 0 Å². The van der Waals surface area contributed by atoms with Crippen LogP contribution in [-0.2, 0) is 0 Å². The van der Waals surface area contributed by atoms with Gasteiger partial charge in [0.15, 0.2) is 5.84 Å². The largest absolute Gasteiger partial charge is 0.409 e. The van der Waals surface area contributed by atoms with Crippen LogP contribution in [0, 0.1) is 0 Å². The Labute approximate surface area is 108 Å². The molecular formula is C10H13BrClN3O. The number of nitrogens with one attached hydrogen (secondary N) is 1. The van der Waals surface area contributed by atoms with E-state index >= 15 is 0 Å². The molecule has 0 aliphatic heterocycles. The van der Waals surface area contributed by atoms with E-state index in [1.165, 1.54) is 0 Å². The van der Waals surface area contributed by atoms with Gasteiger partial charge in [0.05, 0.1) is 11.1 Å². The van der Waals surface area contributed by atoms with Crippen molar-refractivity contribution in [3.63, 3.8) is 0 Å². The van der Waals surface area contributed by atoms with Gasteiger partial charge < -0.3 is 16.3 Å². The molecule has 0 bridgehead atoms. The molecule has 4 nitrogen and oxygen atoms in total. The fourth-order valence-corrected chi connectivity index (χ4v) is 1.74. The summed E-state index contributed by atoms with van der Waals surface area (Å²) in [6.07, 6.45) is 0.718. The summed E-state index contributed by atoms with van der Waals surface area (Å²) >= 11 is 9.21. The number of amidine groups is 1. The minimum absolute atomic E-state index is 0.161. The summed E-state index contributed by atoms with van der Waals surface area (Å²) in [5.41, 5.74) is 6.40. The summed E-state index contributed by atoms with van der Waals surface area (Å²) in [6, 6.07) is 5.25. The minimum Gasteiger partial charge on any atom is -0.409 e. The average molecular weight is 307 g/mol. The zero-order valence-electron chi connectivity index (χ0n) is 8.74. The van der Waals surface area contributed by atoms with E-state index in [1.54, 1.807) is 6.07 Å². The molecule has 0 saturated carbocycles. The van der Waals surface area contributed by atoms with Crippen LogP contribution in [0.15, 0.2) is 27.8 Å². The SMILES string of the molecule is CCC(Nc1ccc(Cl)c(Br)c1)C(N)=NO. The monoisotopic (exact) mass is 305 g/mol. The molecule has 0 aromatic heterocycles. The van der Waals surface area contributed by atoms with E-state index in [1.807, 2.05) is 19.1 Å². The molecule has 0 radical (unpaired) electrons. The van der Waals surface area contributed by atoms with Crippen LogP contribution in [0.1, 0.15) is 13.3 Å². The third-order valence-electron chi connectivity index (χ3n) is 2.14. The summed E-state index contributed by atoms with van der Waals surface area (Å²) in [5.74, 6) is 0.161. The third kappa shape index (κ3) is 3.28. The topological polar surface area (TPSA) is 70.6 Å². The van der Waals surface area contributed by atoms with Crippen molar-refractivity contribution < 1.29 is 5.21 Å². The molecule has 1 aromatic carbocycles. The smallest absolute Gasteiger partial charge is 0.161 e. The second-order valence-electron chi connectivity index (χ2n) is 3.26. The summed E-state index contributed by atoms with van der Waals surface area (Å²) in [6.45, 7) is 1.95. The molecule has 0 aliphatic carbocycles. The molecule has 0 fully saturated rings. The Bertz CT molecular complexity index is 398. The molecule has 0 spiro atoms. The first-order chi connectivity index (χ1) is 7.58. The summed E-state index contributed by atoms with van der Waals surface area (Å²) in [7, 11) is 0. The zero-order valence-corrected chi connectivity index (χ0v) is 11.1. The maximum absolute atomic E-state index is 8.61. The zero-order chi connectivity index (χ0) is 12.1. The molecule has 4 N–H and O–H groups in total. The van der Waals surface area contributed by atoms with Gasteiger partial charge in [-0.05, 0) is 40.5 Å². The molecule has 6 heteroatoms. The van der Waals surface area contributed by atoms with E-state index in [0.717, 1.165) is 16.6 Å². The fraction of sp³-hybridized carbons (Fsp3) is 0.300. The van der Waals surface area contributed by atoms with Crippen LogP contribution in [0.5, 0.6) is 0 Å². The van der Waals surface area contributed by atoms with E-state index in [2.05, 4.69) is 26.4 Å². The number of rotatable bonds is 4. The van der Waals surface area contributed by atoms with E-state index in [-0.39, 0.29) is 11.9 Å². The molecule has 1 rings (SSSR count). The Balaban J connectivity index is 2.82. The summed E-state index contributed by atoms with van der Waals surface area (Å²) < 4.78 is 0.800. The number of nitrogens with zero attached hydrogens (tertiary/aromatic N) is 1. The van der Waals surface area contributed by atoms with E-state index in [9.17, 15) is 0 Å². The fourth-order valence-electron chi connectivity index (χ4n) is 1.24. The molecular weight excluding hydrogens is 293 g/mol. The van der Waals surface area contributed by atoms with Crippen LogP contribution < -0.4 is 11.1 Å². The van der Waals surface area contributed by atoms with Crippen molar-refractivity contribution in [2.24, 2.45) is 10.9 Å². The van der Waals surface area contributed by atoms with E-state index in [4.69, 9.17) is 22.5 Å². The predicted molar refractivity (Wildman–Crippen MR) is 70.3 cm³/mol. The lowest BCUT2D eigenvalue weighted by molar-refractivity contribution is 0.316. The Morgan fingerprint density at radius 3 is 2.88 bits per heavy atom. The Kier molecular flexibility index (Phi) is 4.89. The third-order valence-corrected chi connectivity index (χ3v) is 3.36. The van der Waals surface area contributed by atoms with Crippen molar-refractivity contribution in [1.82, 2.24) is 0 Å². The standard InChI is InChI=1S/C10H13BrClN3O/c1-2-9(10(13)15-16)14-6-3-4-8(12)7(11)5-6/h3-5,9,14,16H,2H2,1H3,(H2,13,15). The van der Waals surface area contributed by atoms with Crippen molar-refractivity contribution in [3.05, 3.63) is 27.7 Å². The van der Waals surface area contributed by atoms with Crippen LogP contribution in [-0.4, -0.2) is 17.1 Å². The highest BCUT2D eigenvalue weighted by Crippen LogP contribution is 2.26. The number of halogens is 2. The van der Waals surface area contributed by atoms with Crippen molar-refractivity contribution in [1.29, 1.82) is 0 Å². The lowest BCUT2D eigenvalue weighted by Gasteiger charge is -2.16. The maximum Gasteiger partial charge on any atom is 0.161 e. The second kappa shape index (κ2) is 5.96.